The number of unbranched alkanes of at least 4 members (excludes halogenated alkanes) is 1. The third-order valence-electron chi connectivity index (χ3n) is 0.926. The van der Waals surface area contributed by atoms with Crippen molar-refractivity contribution in [2.75, 3.05) is 20.3 Å². The molecule has 0 rings (SSSR count). The maximum absolute atomic E-state index is 7.88. The van der Waals surface area contributed by atoms with E-state index in [1.165, 1.54) is 12.8 Å². The standard InChI is InChI=1S/C5H12O.C3H8O.C2H6/c1-3-4-5-6-2;1-2-3-4;1-2/h3-5H2,1-2H3;4H,2-3H2,1H3;1-2H3. The van der Waals surface area contributed by atoms with Gasteiger partial charge in [0.1, 0.15) is 0 Å². The van der Waals surface area contributed by atoms with Gasteiger partial charge in [-0.25, -0.2) is 0 Å². The molecule has 0 aliphatic carbocycles. The first-order valence-corrected chi connectivity index (χ1v) is 4.93. The van der Waals surface area contributed by atoms with Crippen molar-refractivity contribution in [1.29, 1.82) is 0 Å². The lowest BCUT2D eigenvalue weighted by Crippen LogP contribution is -1.84. The summed E-state index contributed by atoms with van der Waals surface area (Å²) in [5.74, 6) is 0. The fourth-order valence-corrected chi connectivity index (χ4v) is 0.289. The number of rotatable bonds is 4. The molecule has 0 amide bonds. The van der Waals surface area contributed by atoms with E-state index in [2.05, 4.69) is 6.92 Å². The highest BCUT2D eigenvalue weighted by atomic mass is 16.5. The Morgan fingerprint density at radius 3 is 1.58 bits per heavy atom. The summed E-state index contributed by atoms with van der Waals surface area (Å²) in [6.07, 6.45) is 3.30. The van der Waals surface area contributed by atoms with Crippen LogP contribution in [0.5, 0.6) is 0 Å². The monoisotopic (exact) mass is 178 g/mol. The SMILES string of the molecule is CC.CCCCOC.CCCO. The van der Waals surface area contributed by atoms with E-state index < -0.39 is 0 Å². The van der Waals surface area contributed by atoms with E-state index in [0.29, 0.717) is 6.61 Å². The zero-order valence-corrected chi connectivity index (χ0v) is 9.39. The van der Waals surface area contributed by atoms with Crippen LogP contribution in [0.1, 0.15) is 47.0 Å². The first-order chi connectivity index (χ1) is 5.83. The quantitative estimate of drug-likeness (QED) is 0.671. The summed E-state index contributed by atoms with van der Waals surface area (Å²) in [5, 5.41) is 7.88. The predicted octanol–water partition coefficient (Wildman–Crippen LogP) is 2.85. The third-order valence-corrected chi connectivity index (χ3v) is 0.926. The summed E-state index contributed by atoms with van der Waals surface area (Å²) in [4.78, 5) is 0. The van der Waals surface area contributed by atoms with Gasteiger partial charge in [-0.05, 0) is 12.8 Å². The van der Waals surface area contributed by atoms with Gasteiger partial charge in [-0.15, -0.1) is 0 Å². The van der Waals surface area contributed by atoms with E-state index in [-0.39, 0.29) is 0 Å². The van der Waals surface area contributed by atoms with Crippen LogP contribution >= 0.6 is 0 Å². The van der Waals surface area contributed by atoms with E-state index >= 15 is 0 Å². The summed E-state index contributed by atoms with van der Waals surface area (Å²) in [5.41, 5.74) is 0. The Morgan fingerprint density at radius 2 is 1.50 bits per heavy atom. The maximum Gasteiger partial charge on any atom is 0.0462 e. The van der Waals surface area contributed by atoms with Gasteiger partial charge in [-0.3, -0.25) is 0 Å². The minimum atomic E-state index is 0.319. The van der Waals surface area contributed by atoms with Crippen molar-refractivity contribution >= 4 is 0 Å². The fraction of sp³-hybridized carbons (Fsp3) is 1.00. The first kappa shape index (κ1) is 17.9. The topological polar surface area (TPSA) is 29.5 Å². The molecule has 2 heteroatoms. The lowest BCUT2D eigenvalue weighted by Gasteiger charge is -1.89. The second kappa shape index (κ2) is 30.7. The fourth-order valence-electron chi connectivity index (χ4n) is 0.289. The molecular formula is C10H26O2. The van der Waals surface area contributed by atoms with E-state index in [4.69, 9.17) is 9.84 Å². The van der Waals surface area contributed by atoms with Gasteiger partial charge in [-0.2, -0.15) is 0 Å². The molecule has 0 aliphatic rings. The maximum atomic E-state index is 7.88. The summed E-state index contributed by atoms with van der Waals surface area (Å²) in [6.45, 7) is 9.32. The predicted molar refractivity (Wildman–Crippen MR) is 55.5 cm³/mol. The molecule has 0 radical (unpaired) electrons. The molecule has 0 atom stereocenters. The molecule has 0 bridgehead atoms. The van der Waals surface area contributed by atoms with E-state index in [1.54, 1.807) is 7.11 Å². The Bertz CT molecular complexity index is 32.8. The van der Waals surface area contributed by atoms with E-state index in [1.807, 2.05) is 20.8 Å². The van der Waals surface area contributed by atoms with Crippen LogP contribution in [0.2, 0.25) is 0 Å². The molecule has 0 spiro atoms. The number of methoxy groups -OCH3 is 1. The molecule has 2 nitrogen and oxygen atoms in total. The molecule has 78 valence electrons. The van der Waals surface area contributed by atoms with Crippen LogP contribution in [-0.2, 0) is 4.74 Å². The average Bonchev–Trinajstić information content (AvgIpc) is 2.18. The van der Waals surface area contributed by atoms with Crippen LogP contribution in [-0.4, -0.2) is 25.4 Å². The molecule has 0 saturated carbocycles. The number of aliphatic hydroxyl groups excluding tert-OH is 1. The Kier molecular flexibility index (Phi) is 45.6. The van der Waals surface area contributed by atoms with Gasteiger partial charge in [0.15, 0.2) is 0 Å². The molecule has 0 aromatic rings. The molecule has 0 heterocycles. The van der Waals surface area contributed by atoms with Gasteiger partial charge in [0.05, 0.1) is 0 Å². The highest BCUT2D eigenvalue weighted by molar-refractivity contribution is 4.26. The van der Waals surface area contributed by atoms with E-state index in [0.717, 1.165) is 13.0 Å². The summed E-state index contributed by atoms with van der Waals surface area (Å²) < 4.78 is 4.78. The molecule has 0 saturated heterocycles. The largest absolute Gasteiger partial charge is 0.396 e. The molecule has 1 N–H and O–H groups in total. The number of aliphatic hydroxyl groups is 1. The molecule has 0 aromatic heterocycles. The Labute approximate surface area is 77.9 Å². The van der Waals surface area contributed by atoms with Crippen LogP contribution in [0.3, 0.4) is 0 Å². The Hall–Kier alpha value is -0.0800. The minimum absolute atomic E-state index is 0.319. The number of hydrogen-bond acceptors (Lipinski definition) is 2. The van der Waals surface area contributed by atoms with Gasteiger partial charge in [0.25, 0.3) is 0 Å². The molecule has 12 heavy (non-hydrogen) atoms. The summed E-state index contributed by atoms with van der Waals surface area (Å²) >= 11 is 0. The van der Waals surface area contributed by atoms with Crippen LogP contribution in [0.4, 0.5) is 0 Å². The highest BCUT2D eigenvalue weighted by Crippen LogP contribution is 1.83. The van der Waals surface area contributed by atoms with Crippen LogP contribution in [0.15, 0.2) is 0 Å². The van der Waals surface area contributed by atoms with Crippen LogP contribution < -0.4 is 0 Å². The Morgan fingerprint density at radius 1 is 1.08 bits per heavy atom. The van der Waals surface area contributed by atoms with E-state index in [9.17, 15) is 0 Å². The highest BCUT2D eigenvalue weighted by Gasteiger charge is 1.74. The Balaban J connectivity index is -0.000000118. The van der Waals surface area contributed by atoms with Crippen molar-refractivity contribution in [1.82, 2.24) is 0 Å². The van der Waals surface area contributed by atoms with Crippen molar-refractivity contribution in [3.8, 4) is 0 Å². The van der Waals surface area contributed by atoms with Crippen molar-refractivity contribution in [3.63, 3.8) is 0 Å². The first-order valence-electron chi connectivity index (χ1n) is 4.93. The molecule has 0 aliphatic heterocycles. The third kappa shape index (κ3) is 51.4. The molecular weight excluding hydrogens is 152 g/mol. The zero-order chi connectivity index (χ0) is 10.2. The second-order valence-electron chi connectivity index (χ2n) is 2.07. The molecule has 0 aromatic carbocycles. The van der Waals surface area contributed by atoms with Crippen molar-refractivity contribution < 1.29 is 9.84 Å². The van der Waals surface area contributed by atoms with Crippen LogP contribution in [0, 0.1) is 0 Å². The lowest BCUT2D eigenvalue weighted by atomic mass is 10.4. The normalized spacial score (nSPS) is 7.50. The van der Waals surface area contributed by atoms with Gasteiger partial charge >= 0.3 is 0 Å². The number of hydrogen-bond donors (Lipinski definition) is 1. The van der Waals surface area contributed by atoms with Crippen molar-refractivity contribution in [3.05, 3.63) is 0 Å². The molecule has 0 fully saturated rings. The average molecular weight is 178 g/mol. The lowest BCUT2D eigenvalue weighted by molar-refractivity contribution is 0.194. The molecule has 0 unspecified atom stereocenters. The second-order valence-corrected chi connectivity index (χ2v) is 2.07. The zero-order valence-electron chi connectivity index (χ0n) is 9.39. The minimum Gasteiger partial charge on any atom is -0.396 e. The van der Waals surface area contributed by atoms with Gasteiger partial charge in [0.2, 0.25) is 0 Å². The smallest absolute Gasteiger partial charge is 0.0462 e. The number of ether oxygens (including phenoxy) is 1. The van der Waals surface area contributed by atoms with Gasteiger partial charge < -0.3 is 9.84 Å². The van der Waals surface area contributed by atoms with Crippen molar-refractivity contribution in [2.45, 2.75) is 47.0 Å². The van der Waals surface area contributed by atoms with Crippen molar-refractivity contribution in [2.24, 2.45) is 0 Å². The van der Waals surface area contributed by atoms with Gasteiger partial charge in [0, 0.05) is 20.3 Å². The summed E-state index contributed by atoms with van der Waals surface area (Å²) in [6, 6.07) is 0. The summed E-state index contributed by atoms with van der Waals surface area (Å²) in [7, 11) is 1.73. The van der Waals surface area contributed by atoms with Crippen LogP contribution in [0.25, 0.3) is 0 Å². The van der Waals surface area contributed by atoms with Gasteiger partial charge in [-0.1, -0.05) is 34.1 Å².